The summed E-state index contributed by atoms with van der Waals surface area (Å²) in [6.45, 7) is 2.75. The largest absolute Gasteiger partial charge is 0.341 e. The van der Waals surface area contributed by atoms with Crippen LogP contribution in [0.25, 0.3) is 0 Å². The highest BCUT2D eigenvalue weighted by atomic mass is 35.5. The minimum absolute atomic E-state index is 0. The first kappa shape index (κ1) is 19.3. The molecular formula is C15H26Cl2N4O. The highest BCUT2D eigenvalue weighted by Crippen LogP contribution is 2.28. The number of hydrogen-bond acceptors (Lipinski definition) is 3. The Morgan fingerprint density at radius 3 is 2.50 bits per heavy atom. The number of amides is 1. The van der Waals surface area contributed by atoms with E-state index in [1.807, 2.05) is 17.9 Å². The van der Waals surface area contributed by atoms with Gasteiger partial charge in [-0.25, -0.2) is 0 Å². The smallest absolute Gasteiger partial charge is 0.239 e. The zero-order valence-electron chi connectivity index (χ0n) is 13.0. The molecule has 3 rings (SSSR count). The van der Waals surface area contributed by atoms with E-state index in [0.717, 1.165) is 38.9 Å². The number of aryl methyl sites for hydroxylation is 1. The van der Waals surface area contributed by atoms with E-state index in [4.69, 9.17) is 0 Å². The van der Waals surface area contributed by atoms with Crippen LogP contribution in [0.1, 0.15) is 43.7 Å². The van der Waals surface area contributed by atoms with E-state index in [9.17, 15) is 4.79 Å². The van der Waals surface area contributed by atoms with Crippen molar-refractivity contribution in [2.75, 3.05) is 19.6 Å². The van der Waals surface area contributed by atoms with Crippen LogP contribution in [0.4, 0.5) is 0 Å². The zero-order chi connectivity index (χ0) is 13.9. The molecule has 2 saturated heterocycles. The molecule has 0 unspecified atom stereocenters. The molecule has 1 aromatic heterocycles. The fourth-order valence-electron chi connectivity index (χ4n) is 3.46. The van der Waals surface area contributed by atoms with Gasteiger partial charge in [-0.2, -0.15) is 5.10 Å². The van der Waals surface area contributed by atoms with Crippen molar-refractivity contribution in [3.05, 3.63) is 18.0 Å². The fraction of sp³-hybridized carbons (Fsp3) is 0.733. The van der Waals surface area contributed by atoms with Gasteiger partial charge in [-0.3, -0.25) is 9.48 Å². The third-order valence-corrected chi connectivity index (χ3v) is 4.69. The average Bonchev–Trinajstić information content (AvgIpc) is 2.94. The second-order valence-corrected chi connectivity index (χ2v) is 5.98. The monoisotopic (exact) mass is 348 g/mol. The van der Waals surface area contributed by atoms with Crippen LogP contribution in [0.15, 0.2) is 12.3 Å². The number of aromatic nitrogens is 2. The number of carbonyl (C=O) groups is 1. The quantitative estimate of drug-likeness (QED) is 0.890. The molecule has 0 aliphatic carbocycles. The van der Waals surface area contributed by atoms with Gasteiger partial charge in [0.15, 0.2) is 0 Å². The Hall–Kier alpha value is -0.780. The van der Waals surface area contributed by atoms with Crippen LogP contribution in [0.2, 0.25) is 0 Å². The van der Waals surface area contributed by atoms with Gasteiger partial charge in [-0.15, -0.1) is 24.8 Å². The Morgan fingerprint density at radius 1 is 1.23 bits per heavy atom. The van der Waals surface area contributed by atoms with Gasteiger partial charge in [0.25, 0.3) is 0 Å². The second-order valence-electron chi connectivity index (χ2n) is 5.98. The Morgan fingerprint density at radius 2 is 1.95 bits per heavy atom. The summed E-state index contributed by atoms with van der Waals surface area (Å²) in [5, 5.41) is 7.60. The van der Waals surface area contributed by atoms with Crippen LogP contribution < -0.4 is 5.32 Å². The molecule has 0 radical (unpaired) electrons. The maximum absolute atomic E-state index is 12.5. The Bertz CT molecular complexity index is 466. The highest BCUT2D eigenvalue weighted by molar-refractivity contribution is 5.85. The molecule has 0 aromatic carbocycles. The molecule has 2 fully saturated rings. The molecular weight excluding hydrogens is 323 g/mol. The number of nitrogens with zero attached hydrogens (tertiary/aromatic N) is 3. The SMILES string of the molecule is Cl.Cl.Cn1nccc1C1CCN(C(=O)[C@H]2CCCCN2)CC1. The molecule has 1 N–H and O–H groups in total. The summed E-state index contributed by atoms with van der Waals surface area (Å²) in [7, 11) is 2.00. The lowest BCUT2D eigenvalue weighted by Crippen LogP contribution is -2.50. The van der Waals surface area contributed by atoms with E-state index in [-0.39, 0.29) is 30.9 Å². The van der Waals surface area contributed by atoms with Crippen molar-refractivity contribution >= 4 is 30.7 Å². The minimum atomic E-state index is 0. The van der Waals surface area contributed by atoms with E-state index in [0.29, 0.717) is 11.8 Å². The van der Waals surface area contributed by atoms with Gasteiger partial charge < -0.3 is 10.2 Å². The lowest BCUT2D eigenvalue weighted by atomic mass is 9.92. The van der Waals surface area contributed by atoms with Gasteiger partial charge in [-0.05, 0) is 38.3 Å². The summed E-state index contributed by atoms with van der Waals surface area (Å²) in [6, 6.07) is 2.17. The van der Waals surface area contributed by atoms with Crippen LogP contribution in [0.3, 0.4) is 0 Å². The first-order valence-electron chi connectivity index (χ1n) is 7.76. The predicted octanol–water partition coefficient (Wildman–Crippen LogP) is 2.11. The molecule has 22 heavy (non-hydrogen) atoms. The number of piperidine rings is 2. The maximum Gasteiger partial charge on any atom is 0.239 e. The fourth-order valence-corrected chi connectivity index (χ4v) is 3.46. The van der Waals surface area contributed by atoms with Crippen molar-refractivity contribution in [1.29, 1.82) is 0 Å². The molecule has 2 aliphatic rings. The van der Waals surface area contributed by atoms with E-state index >= 15 is 0 Å². The van der Waals surface area contributed by atoms with Crippen molar-refractivity contribution in [3.63, 3.8) is 0 Å². The maximum atomic E-state index is 12.5. The molecule has 2 aliphatic heterocycles. The van der Waals surface area contributed by atoms with Crippen LogP contribution in [-0.4, -0.2) is 46.3 Å². The number of carbonyl (C=O) groups excluding carboxylic acids is 1. The molecule has 126 valence electrons. The molecule has 0 bridgehead atoms. The third kappa shape index (κ3) is 4.15. The van der Waals surface area contributed by atoms with Gasteiger partial charge in [0, 0.05) is 37.9 Å². The zero-order valence-corrected chi connectivity index (χ0v) is 14.7. The summed E-state index contributed by atoms with van der Waals surface area (Å²) in [5.41, 5.74) is 1.30. The van der Waals surface area contributed by atoms with Crippen molar-refractivity contribution in [2.24, 2.45) is 7.05 Å². The van der Waals surface area contributed by atoms with Gasteiger partial charge in [0.1, 0.15) is 0 Å². The van der Waals surface area contributed by atoms with Gasteiger partial charge in [0.05, 0.1) is 6.04 Å². The topological polar surface area (TPSA) is 50.2 Å². The van der Waals surface area contributed by atoms with E-state index < -0.39 is 0 Å². The Kier molecular flexibility index (Phi) is 7.66. The normalized spacial score (nSPS) is 22.6. The summed E-state index contributed by atoms with van der Waals surface area (Å²) in [5.74, 6) is 0.860. The summed E-state index contributed by atoms with van der Waals surface area (Å²) in [4.78, 5) is 14.5. The van der Waals surface area contributed by atoms with E-state index in [1.54, 1.807) is 0 Å². The van der Waals surface area contributed by atoms with Gasteiger partial charge >= 0.3 is 0 Å². The van der Waals surface area contributed by atoms with E-state index in [1.165, 1.54) is 18.5 Å². The lowest BCUT2D eigenvalue weighted by Gasteiger charge is -2.35. The van der Waals surface area contributed by atoms with Crippen molar-refractivity contribution < 1.29 is 4.79 Å². The second kappa shape index (κ2) is 8.75. The summed E-state index contributed by atoms with van der Waals surface area (Å²) >= 11 is 0. The van der Waals surface area contributed by atoms with Crippen LogP contribution in [0, 0.1) is 0 Å². The van der Waals surface area contributed by atoms with Crippen molar-refractivity contribution in [1.82, 2.24) is 20.0 Å². The van der Waals surface area contributed by atoms with Gasteiger partial charge in [-0.1, -0.05) is 6.42 Å². The minimum Gasteiger partial charge on any atom is -0.341 e. The van der Waals surface area contributed by atoms with Crippen LogP contribution in [0.5, 0.6) is 0 Å². The van der Waals surface area contributed by atoms with E-state index in [2.05, 4.69) is 21.4 Å². The molecule has 3 heterocycles. The molecule has 1 atom stereocenters. The Balaban J connectivity index is 0.00000121. The first-order valence-corrected chi connectivity index (χ1v) is 7.76. The molecule has 0 spiro atoms. The highest BCUT2D eigenvalue weighted by Gasteiger charge is 2.30. The van der Waals surface area contributed by atoms with Crippen LogP contribution in [-0.2, 0) is 11.8 Å². The number of nitrogens with one attached hydrogen (secondary N) is 1. The summed E-state index contributed by atoms with van der Waals surface area (Å²) in [6.07, 6.45) is 7.34. The van der Waals surface area contributed by atoms with Crippen LogP contribution >= 0.6 is 24.8 Å². The Labute approximate surface area is 144 Å². The molecule has 0 saturated carbocycles. The summed E-state index contributed by atoms with van der Waals surface area (Å²) < 4.78 is 1.96. The number of rotatable bonds is 2. The number of hydrogen-bond donors (Lipinski definition) is 1. The molecule has 1 aromatic rings. The predicted molar refractivity (Wildman–Crippen MR) is 91.9 cm³/mol. The molecule has 1 amide bonds. The molecule has 5 nitrogen and oxygen atoms in total. The molecule has 7 heteroatoms. The average molecular weight is 349 g/mol. The number of likely N-dealkylation sites (tertiary alicyclic amines) is 1. The first-order chi connectivity index (χ1) is 9.75. The number of halogens is 2. The third-order valence-electron chi connectivity index (χ3n) is 4.69. The van der Waals surface area contributed by atoms with Crippen molar-refractivity contribution in [2.45, 2.75) is 44.1 Å². The lowest BCUT2D eigenvalue weighted by molar-refractivity contribution is -0.135. The van der Waals surface area contributed by atoms with Gasteiger partial charge in [0.2, 0.25) is 5.91 Å². The standard InChI is InChI=1S/C15H24N4O.2ClH/c1-18-14(5-9-17-18)12-6-10-19(11-7-12)15(20)13-4-2-3-8-16-13;;/h5,9,12-13,16H,2-4,6-8,10-11H2,1H3;2*1H/t13-;;/m1../s1. The van der Waals surface area contributed by atoms with Crippen molar-refractivity contribution in [3.8, 4) is 0 Å².